The lowest BCUT2D eigenvalue weighted by atomic mass is 10.00. The lowest BCUT2D eigenvalue weighted by molar-refractivity contribution is -0.162. The quantitative estimate of drug-likeness (QED) is 0.715. The molecule has 1 fully saturated rings. The minimum absolute atomic E-state index is 0.288. The first-order valence-corrected chi connectivity index (χ1v) is 5.95. The van der Waals surface area contributed by atoms with Crippen molar-refractivity contribution in [2.45, 2.75) is 25.4 Å². The summed E-state index contributed by atoms with van der Waals surface area (Å²) in [5.74, 6) is -0.510. The zero-order chi connectivity index (χ0) is 11.5. The first-order chi connectivity index (χ1) is 6.92. The van der Waals surface area contributed by atoms with E-state index < -0.39 is 18.5 Å². The van der Waals surface area contributed by atoms with Gasteiger partial charge >= 0.3 is 6.18 Å². The minimum atomic E-state index is -4.39. The lowest BCUT2D eigenvalue weighted by Gasteiger charge is -2.32. The summed E-state index contributed by atoms with van der Waals surface area (Å²) in [6, 6.07) is 0. The summed E-state index contributed by atoms with van der Waals surface area (Å²) >= 11 is 3.29. The zero-order valence-corrected chi connectivity index (χ0v) is 9.77. The lowest BCUT2D eigenvalue weighted by Crippen LogP contribution is -2.41. The summed E-state index contributed by atoms with van der Waals surface area (Å²) in [6.07, 6.45) is -3.96. The van der Waals surface area contributed by atoms with E-state index in [9.17, 15) is 18.0 Å². The number of likely N-dealkylation sites (tertiary alicyclic amines) is 1. The molecule has 0 aromatic carbocycles. The van der Waals surface area contributed by atoms with Gasteiger partial charge in [-0.15, -0.1) is 0 Å². The third-order valence-corrected chi connectivity index (χ3v) is 3.36. The Balaban J connectivity index is 2.45. The molecule has 1 amide bonds. The number of piperidine rings is 1. The molecule has 0 aromatic heterocycles. The Bertz CT molecular complexity index is 232. The molecule has 1 rings (SSSR count). The van der Waals surface area contributed by atoms with Gasteiger partial charge in [0.05, 0.1) is 0 Å². The first-order valence-electron chi connectivity index (χ1n) is 4.83. The van der Waals surface area contributed by atoms with Gasteiger partial charge in [-0.25, -0.2) is 0 Å². The van der Waals surface area contributed by atoms with E-state index in [1.165, 1.54) is 4.90 Å². The number of nitrogens with zero attached hydrogens (tertiary/aromatic N) is 1. The fraction of sp³-hybridized carbons (Fsp3) is 0.889. The van der Waals surface area contributed by atoms with Crippen molar-refractivity contribution in [2.75, 3.05) is 18.4 Å². The van der Waals surface area contributed by atoms with E-state index in [0.29, 0.717) is 13.1 Å². The van der Waals surface area contributed by atoms with Gasteiger partial charge in [-0.1, -0.05) is 15.9 Å². The van der Waals surface area contributed by atoms with E-state index in [0.717, 1.165) is 18.2 Å². The van der Waals surface area contributed by atoms with Crippen molar-refractivity contribution >= 4 is 21.8 Å². The van der Waals surface area contributed by atoms with Crippen LogP contribution in [0.1, 0.15) is 19.3 Å². The van der Waals surface area contributed by atoms with Crippen molar-refractivity contribution < 1.29 is 18.0 Å². The molecule has 1 unspecified atom stereocenters. The van der Waals surface area contributed by atoms with Gasteiger partial charge in [0.25, 0.3) is 0 Å². The van der Waals surface area contributed by atoms with Crippen molar-refractivity contribution in [1.29, 1.82) is 0 Å². The van der Waals surface area contributed by atoms with E-state index in [2.05, 4.69) is 15.9 Å². The average Bonchev–Trinajstić information content (AvgIpc) is 2.15. The number of amides is 1. The summed E-state index contributed by atoms with van der Waals surface area (Å²) in [5, 5.41) is 0.739. The molecule has 1 heterocycles. The van der Waals surface area contributed by atoms with E-state index >= 15 is 0 Å². The van der Waals surface area contributed by atoms with Crippen LogP contribution in [-0.4, -0.2) is 35.4 Å². The molecule has 1 aliphatic heterocycles. The van der Waals surface area contributed by atoms with Crippen LogP contribution in [0.3, 0.4) is 0 Å². The largest absolute Gasteiger partial charge is 0.397 e. The molecule has 0 N–H and O–H groups in total. The van der Waals surface area contributed by atoms with Crippen LogP contribution < -0.4 is 0 Å². The monoisotopic (exact) mass is 287 g/mol. The van der Waals surface area contributed by atoms with Gasteiger partial charge in [0.1, 0.15) is 6.42 Å². The van der Waals surface area contributed by atoms with Crippen molar-refractivity contribution in [3.63, 3.8) is 0 Å². The minimum Gasteiger partial charge on any atom is -0.342 e. The van der Waals surface area contributed by atoms with E-state index in [4.69, 9.17) is 0 Å². The third-order valence-electron chi connectivity index (χ3n) is 2.44. The molecule has 0 aliphatic carbocycles. The van der Waals surface area contributed by atoms with Crippen LogP contribution in [0, 0.1) is 5.92 Å². The topological polar surface area (TPSA) is 20.3 Å². The van der Waals surface area contributed by atoms with E-state index in [1.54, 1.807) is 0 Å². The summed E-state index contributed by atoms with van der Waals surface area (Å²) in [6.45, 7) is 0.901. The van der Waals surface area contributed by atoms with Crippen molar-refractivity contribution in [2.24, 2.45) is 5.92 Å². The normalized spacial score (nSPS) is 22.9. The molecule has 0 spiro atoms. The van der Waals surface area contributed by atoms with Gasteiger partial charge in [0.15, 0.2) is 0 Å². The van der Waals surface area contributed by atoms with Gasteiger partial charge in [0.2, 0.25) is 5.91 Å². The number of carbonyl (C=O) groups excluding carboxylic acids is 1. The molecule has 0 aromatic rings. The van der Waals surface area contributed by atoms with Crippen molar-refractivity contribution in [1.82, 2.24) is 4.90 Å². The highest BCUT2D eigenvalue weighted by molar-refractivity contribution is 9.09. The molecule has 0 radical (unpaired) electrons. The molecule has 0 saturated carbocycles. The number of rotatable bonds is 2. The summed E-state index contributed by atoms with van der Waals surface area (Å²) in [5.41, 5.74) is 0. The highest BCUT2D eigenvalue weighted by Crippen LogP contribution is 2.24. The summed E-state index contributed by atoms with van der Waals surface area (Å²) in [7, 11) is 0. The maximum absolute atomic E-state index is 12.0. The number of hydrogen-bond donors (Lipinski definition) is 0. The highest BCUT2D eigenvalue weighted by Gasteiger charge is 2.34. The Kier molecular flexibility index (Phi) is 4.43. The van der Waals surface area contributed by atoms with Crippen LogP contribution in [0.5, 0.6) is 0 Å². The number of alkyl halides is 4. The molecule has 1 atom stereocenters. The molecule has 1 saturated heterocycles. The molecule has 6 heteroatoms. The van der Waals surface area contributed by atoms with Gasteiger partial charge in [0, 0.05) is 18.4 Å². The van der Waals surface area contributed by atoms with Gasteiger partial charge in [-0.3, -0.25) is 4.79 Å². The second-order valence-electron chi connectivity index (χ2n) is 3.79. The molecule has 0 bridgehead atoms. The predicted molar refractivity (Wildman–Crippen MR) is 53.8 cm³/mol. The Morgan fingerprint density at radius 2 is 2.13 bits per heavy atom. The number of halogens is 4. The van der Waals surface area contributed by atoms with Gasteiger partial charge in [-0.2, -0.15) is 13.2 Å². The number of carbonyl (C=O) groups is 1. The maximum atomic E-state index is 12.0. The highest BCUT2D eigenvalue weighted by atomic mass is 79.9. The average molecular weight is 288 g/mol. The smallest absolute Gasteiger partial charge is 0.342 e. The van der Waals surface area contributed by atoms with Crippen LogP contribution in [0.2, 0.25) is 0 Å². The van der Waals surface area contributed by atoms with Gasteiger partial charge < -0.3 is 4.90 Å². The first kappa shape index (κ1) is 12.8. The van der Waals surface area contributed by atoms with Crippen LogP contribution in [0.4, 0.5) is 13.2 Å². The molecular formula is C9H13BrF3NO. The van der Waals surface area contributed by atoms with Crippen LogP contribution in [-0.2, 0) is 4.79 Å². The molecule has 88 valence electrons. The van der Waals surface area contributed by atoms with Crippen LogP contribution >= 0.6 is 15.9 Å². The third kappa shape index (κ3) is 4.40. The van der Waals surface area contributed by atoms with E-state index in [-0.39, 0.29) is 5.92 Å². The Morgan fingerprint density at radius 1 is 1.47 bits per heavy atom. The number of hydrogen-bond acceptors (Lipinski definition) is 1. The molecular weight excluding hydrogens is 275 g/mol. The predicted octanol–water partition coefficient (Wildman–Crippen LogP) is 2.57. The SMILES string of the molecule is O=C(CC(F)(F)F)N1CCCC(CBr)C1. The summed E-state index contributed by atoms with van der Waals surface area (Å²) < 4.78 is 35.9. The fourth-order valence-corrected chi connectivity index (χ4v) is 2.23. The standard InChI is InChI=1S/C9H13BrF3NO/c10-5-7-2-1-3-14(6-7)8(15)4-9(11,12)13/h7H,1-6H2. The Morgan fingerprint density at radius 3 is 2.67 bits per heavy atom. The summed E-state index contributed by atoms with van der Waals surface area (Å²) in [4.78, 5) is 12.6. The maximum Gasteiger partial charge on any atom is 0.397 e. The zero-order valence-electron chi connectivity index (χ0n) is 8.19. The molecule has 1 aliphatic rings. The van der Waals surface area contributed by atoms with Gasteiger partial charge in [-0.05, 0) is 18.8 Å². The molecule has 15 heavy (non-hydrogen) atoms. The van der Waals surface area contributed by atoms with Crippen molar-refractivity contribution in [3.8, 4) is 0 Å². The fourth-order valence-electron chi connectivity index (χ4n) is 1.70. The second-order valence-corrected chi connectivity index (χ2v) is 4.44. The van der Waals surface area contributed by atoms with Crippen molar-refractivity contribution in [3.05, 3.63) is 0 Å². The Labute approximate surface area is 94.9 Å². The van der Waals surface area contributed by atoms with E-state index in [1.807, 2.05) is 0 Å². The Hall–Kier alpha value is -0.260. The van der Waals surface area contributed by atoms with Crippen LogP contribution in [0.25, 0.3) is 0 Å². The second kappa shape index (κ2) is 5.18. The van der Waals surface area contributed by atoms with Crippen LogP contribution in [0.15, 0.2) is 0 Å². The molecule has 2 nitrogen and oxygen atoms in total.